The number of benzene rings is 1. The van der Waals surface area contributed by atoms with Gasteiger partial charge in [-0.2, -0.15) is 10.4 Å². The summed E-state index contributed by atoms with van der Waals surface area (Å²) in [6.07, 6.45) is 7.50. The molecular weight excluding hydrogens is 400 g/mol. The third-order valence-electron chi connectivity index (χ3n) is 4.91. The molecule has 0 spiro atoms. The highest BCUT2D eigenvalue weighted by molar-refractivity contribution is 7.91. The maximum atomic E-state index is 12.5. The van der Waals surface area contributed by atoms with E-state index in [-0.39, 0.29) is 17.1 Å². The average molecular weight is 420 g/mol. The van der Waals surface area contributed by atoms with Crippen LogP contribution in [0.5, 0.6) is 0 Å². The fraction of sp³-hybridized carbons (Fsp3) is 0.238. The molecule has 152 valence electrons. The molecule has 0 bridgehead atoms. The smallest absolute Gasteiger partial charge is 0.178 e. The lowest BCUT2D eigenvalue weighted by Gasteiger charge is -2.16. The second-order valence-electron chi connectivity index (χ2n) is 6.94. The van der Waals surface area contributed by atoms with Crippen LogP contribution in [0.25, 0.3) is 22.3 Å². The Morgan fingerprint density at radius 3 is 2.93 bits per heavy atom. The fourth-order valence-corrected chi connectivity index (χ4v) is 4.86. The highest BCUT2D eigenvalue weighted by Gasteiger charge is 2.20. The molecule has 0 aliphatic carbocycles. The van der Waals surface area contributed by atoms with Crippen LogP contribution in [0.1, 0.15) is 31.4 Å². The van der Waals surface area contributed by atoms with Gasteiger partial charge >= 0.3 is 0 Å². The molecule has 0 saturated carbocycles. The summed E-state index contributed by atoms with van der Waals surface area (Å²) in [6.45, 7) is 1.83. The Hall–Kier alpha value is -3.51. The minimum Gasteiger partial charge on any atom is -0.346 e. The number of nitriles is 1. The minimum absolute atomic E-state index is 0.0890. The summed E-state index contributed by atoms with van der Waals surface area (Å²) in [5.74, 6) is 0.0890. The molecular formula is C21H20N6O2S. The highest BCUT2D eigenvalue weighted by Crippen LogP contribution is 2.28. The number of hydrogen-bond donors (Lipinski definition) is 1. The van der Waals surface area contributed by atoms with Gasteiger partial charge < -0.3 is 4.98 Å². The van der Waals surface area contributed by atoms with Gasteiger partial charge in [-0.3, -0.25) is 4.68 Å². The maximum absolute atomic E-state index is 12.5. The van der Waals surface area contributed by atoms with Crippen molar-refractivity contribution in [3.05, 3.63) is 60.8 Å². The van der Waals surface area contributed by atoms with Crippen molar-refractivity contribution in [2.75, 3.05) is 5.75 Å². The monoisotopic (exact) mass is 420 g/mol. The summed E-state index contributed by atoms with van der Waals surface area (Å²) in [4.78, 5) is 11.9. The third kappa shape index (κ3) is 3.69. The Bertz CT molecular complexity index is 1330. The minimum atomic E-state index is -3.35. The van der Waals surface area contributed by atoms with Crippen molar-refractivity contribution in [3.8, 4) is 17.3 Å². The first-order valence-electron chi connectivity index (χ1n) is 9.55. The van der Waals surface area contributed by atoms with Crippen LogP contribution < -0.4 is 0 Å². The Kier molecular flexibility index (Phi) is 5.33. The molecule has 0 radical (unpaired) electrons. The number of fused-ring (bicyclic) bond motifs is 1. The lowest BCUT2D eigenvalue weighted by molar-refractivity contribution is 0.531. The molecule has 4 aromatic rings. The molecule has 30 heavy (non-hydrogen) atoms. The number of H-pyrrole nitrogens is 1. The van der Waals surface area contributed by atoms with Gasteiger partial charge in [0, 0.05) is 23.3 Å². The van der Waals surface area contributed by atoms with Crippen molar-refractivity contribution in [2.45, 2.75) is 30.7 Å². The summed E-state index contributed by atoms with van der Waals surface area (Å²) in [6, 6.07) is 10.4. The van der Waals surface area contributed by atoms with Gasteiger partial charge in [0.2, 0.25) is 0 Å². The molecule has 0 amide bonds. The van der Waals surface area contributed by atoms with Gasteiger partial charge in [-0.05, 0) is 30.2 Å². The van der Waals surface area contributed by atoms with E-state index < -0.39 is 15.9 Å². The third-order valence-corrected chi connectivity index (χ3v) is 6.83. The molecule has 3 aromatic heterocycles. The van der Waals surface area contributed by atoms with Crippen LogP contribution in [-0.4, -0.2) is 38.9 Å². The zero-order valence-electron chi connectivity index (χ0n) is 16.4. The van der Waals surface area contributed by atoms with E-state index in [4.69, 9.17) is 0 Å². The molecule has 1 unspecified atom stereocenters. The van der Waals surface area contributed by atoms with Gasteiger partial charge in [0.25, 0.3) is 0 Å². The summed E-state index contributed by atoms with van der Waals surface area (Å²) >= 11 is 0. The summed E-state index contributed by atoms with van der Waals surface area (Å²) in [5.41, 5.74) is 2.98. The molecule has 3 heterocycles. The van der Waals surface area contributed by atoms with Gasteiger partial charge in [-0.1, -0.05) is 19.1 Å². The van der Waals surface area contributed by atoms with Gasteiger partial charge in [0.1, 0.15) is 12.0 Å². The zero-order chi connectivity index (χ0) is 21.1. The van der Waals surface area contributed by atoms with Crippen LogP contribution in [0.3, 0.4) is 0 Å². The first-order chi connectivity index (χ1) is 14.5. The van der Waals surface area contributed by atoms with E-state index in [0.717, 1.165) is 27.9 Å². The van der Waals surface area contributed by atoms with E-state index in [2.05, 4.69) is 26.1 Å². The number of hydrogen-bond acceptors (Lipinski definition) is 6. The number of aromatic amines is 1. The Morgan fingerprint density at radius 1 is 1.27 bits per heavy atom. The van der Waals surface area contributed by atoms with Crippen molar-refractivity contribution >= 4 is 20.9 Å². The normalized spacial score (nSPS) is 12.7. The van der Waals surface area contributed by atoms with Crippen LogP contribution in [0.4, 0.5) is 0 Å². The van der Waals surface area contributed by atoms with Crippen molar-refractivity contribution in [1.82, 2.24) is 24.7 Å². The standard InChI is InChI=1S/C21H20N6O2S/c1-2-10-30(28,29)17-5-3-4-15(11-17)19(6-8-22)27-13-16(12-26-27)20-18-7-9-23-21(18)25-14-24-20/h3-5,7,9,11-14,19H,2,6,10H2,1H3,(H,23,24,25). The molecule has 9 heteroatoms. The van der Waals surface area contributed by atoms with E-state index in [1.165, 1.54) is 6.33 Å². The van der Waals surface area contributed by atoms with Crippen molar-refractivity contribution in [1.29, 1.82) is 5.26 Å². The SMILES string of the molecule is CCCS(=O)(=O)c1cccc(C(CC#N)n2cc(-c3ncnc4[nH]ccc34)cn2)c1. The Labute approximate surface area is 174 Å². The maximum Gasteiger partial charge on any atom is 0.178 e. The van der Waals surface area contributed by atoms with Gasteiger partial charge in [-0.15, -0.1) is 0 Å². The van der Waals surface area contributed by atoms with Gasteiger partial charge in [0.05, 0.1) is 41.1 Å². The van der Waals surface area contributed by atoms with E-state index in [0.29, 0.717) is 6.42 Å². The molecule has 0 fully saturated rings. The van der Waals surface area contributed by atoms with Crippen molar-refractivity contribution in [2.24, 2.45) is 0 Å². The average Bonchev–Trinajstić information content (AvgIpc) is 3.41. The van der Waals surface area contributed by atoms with Crippen LogP contribution in [0, 0.1) is 11.3 Å². The molecule has 1 aromatic carbocycles. The lowest BCUT2D eigenvalue weighted by atomic mass is 10.0. The number of aromatic nitrogens is 5. The first kappa shape index (κ1) is 19.8. The van der Waals surface area contributed by atoms with Gasteiger partial charge in [-0.25, -0.2) is 18.4 Å². The molecule has 4 rings (SSSR count). The summed E-state index contributed by atoms with van der Waals surface area (Å²) in [5, 5.41) is 14.7. The molecule has 0 saturated heterocycles. The van der Waals surface area contributed by atoms with Crippen LogP contribution in [0.15, 0.2) is 60.1 Å². The zero-order valence-corrected chi connectivity index (χ0v) is 17.2. The van der Waals surface area contributed by atoms with E-state index >= 15 is 0 Å². The molecule has 0 aliphatic rings. The number of rotatable bonds is 7. The topological polar surface area (TPSA) is 117 Å². The summed E-state index contributed by atoms with van der Waals surface area (Å²) < 4.78 is 26.7. The molecule has 1 N–H and O–H groups in total. The van der Waals surface area contributed by atoms with E-state index in [1.807, 2.05) is 25.3 Å². The molecule has 8 nitrogen and oxygen atoms in total. The summed E-state index contributed by atoms with van der Waals surface area (Å²) in [7, 11) is -3.35. The Balaban J connectivity index is 1.74. The second kappa shape index (κ2) is 8.08. The number of nitrogens with one attached hydrogen (secondary N) is 1. The van der Waals surface area contributed by atoms with Crippen LogP contribution >= 0.6 is 0 Å². The Morgan fingerprint density at radius 2 is 2.13 bits per heavy atom. The van der Waals surface area contributed by atoms with E-state index in [9.17, 15) is 13.7 Å². The largest absolute Gasteiger partial charge is 0.346 e. The number of nitrogens with zero attached hydrogens (tertiary/aromatic N) is 5. The van der Waals surface area contributed by atoms with Crippen LogP contribution in [-0.2, 0) is 9.84 Å². The number of sulfone groups is 1. The second-order valence-corrected chi connectivity index (χ2v) is 9.05. The predicted molar refractivity (Wildman–Crippen MR) is 112 cm³/mol. The van der Waals surface area contributed by atoms with Gasteiger partial charge in [0.15, 0.2) is 9.84 Å². The highest BCUT2D eigenvalue weighted by atomic mass is 32.2. The lowest BCUT2D eigenvalue weighted by Crippen LogP contribution is -2.12. The quantitative estimate of drug-likeness (QED) is 0.489. The van der Waals surface area contributed by atoms with Crippen molar-refractivity contribution < 1.29 is 8.42 Å². The van der Waals surface area contributed by atoms with E-state index in [1.54, 1.807) is 35.3 Å². The fourth-order valence-electron chi connectivity index (χ4n) is 3.49. The first-order valence-corrected chi connectivity index (χ1v) is 11.2. The predicted octanol–water partition coefficient (Wildman–Crippen LogP) is 3.51. The van der Waals surface area contributed by atoms with Crippen molar-refractivity contribution in [3.63, 3.8) is 0 Å². The molecule has 0 aliphatic heterocycles. The van der Waals surface area contributed by atoms with Crippen LogP contribution in [0.2, 0.25) is 0 Å². The molecule has 1 atom stereocenters.